The topological polar surface area (TPSA) is 59.6 Å². The van der Waals surface area contributed by atoms with Crippen LogP contribution in [-0.2, 0) is 9.53 Å². The van der Waals surface area contributed by atoms with Gasteiger partial charge in [0.25, 0.3) is 5.91 Å². The van der Waals surface area contributed by atoms with E-state index < -0.39 is 28.9 Å². The molecule has 7 heteroatoms. The van der Waals surface area contributed by atoms with E-state index in [4.69, 9.17) is 4.74 Å². The minimum absolute atomic E-state index is 0.0331. The van der Waals surface area contributed by atoms with Crippen molar-refractivity contribution in [2.45, 2.75) is 18.4 Å². The van der Waals surface area contributed by atoms with Gasteiger partial charge in [-0.3, -0.25) is 4.79 Å². The number of rotatable bonds is 4. The fourth-order valence-electron chi connectivity index (χ4n) is 2.43. The van der Waals surface area contributed by atoms with Gasteiger partial charge in [-0.1, -0.05) is 0 Å². The zero-order valence-corrected chi connectivity index (χ0v) is 12.0. The molecule has 0 bridgehead atoms. The summed E-state index contributed by atoms with van der Waals surface area (Å²) in [5.41, 5.74) is -0.941. The van der Waals surface area contributed by atoms with Crippen molar-refractivity contribution < 1.29 is 23.0 Å². The number of piperidine rings is 1. The van der Waals surface area contributed by atoms with E-state index in [-0.39, 0.29) is 5.69 Å². The lowest BCUT2D eigenvalue weighted by Gasteiger charge is -2.34. The number of hydrogen-bond acceptors (Lipinski definition) is 4. The maximum Gasteiger partial charge on any atom is 0.256 e. The molecule has 1 heterocycles. The first-order chi connectivity index (χ1) is 10.0. The Bertz CT molecular complexity index is 508. The molecule has 1 saturated heterocycles. The SMILES string of the molecule is COc1c(F)cc(NC(=O)C2(OC)CCNCC2)cc1F. The molecule has 1 aromatic carbocycles. The van der Waals surface area contributed by atoms with Crippen LogP contribution in [0.25, 0.3) is 0 Å². The highest BCUT2D eigenvalue weighted by atomic mass is 19.1. The van der Waals surface area contributed by atoms with Crippen molar-refractivity contribution in [3.63, 3.8) is 0 Å². The molecular weight excluding hydrogens is 282 g/mol. The molecule has 0 radical (unpaired) electrons. The van der Waals surface area contributed by atoms with Gasteiger partial charge in [-0.15, -0.1) is 0 Å². The average molecular weight is 300 g/mol. The van der Waals surface area contributed by atoms with Gasteiger partial charge in [-0.25, -0.2) is 8.78 Å². The van der Waals surface area contributed by atoms with Crippen LogP contribution < -0.4 is 15.4 Å². The van der Waals surface area contributed by atoms with E-state index in [1.165, 1.54) is 14.2 Å². The maximum absolute atomic E-state index is 13.6. The lowest BCUT2D eigenvalue weighted by Crippen LogP contribution is -2.51. The van der Waals surface area contributed by atoms with Crippen LogP contribution in [0.15, 0.2) is 12.1 Å². The number of carbonyl (C=O) groups excluding carboxylic acids is 1. The molecule has 5 nitrogen and oxygen atoms in total. The summed E-state index contributed by atoms with van der Waals surface area (Å²) in [5, 5.41) is 5.64. The minimum Gasteiger partial charge on any atom is -0.491 e. The second-order valence-corrected chi connectivity index (χ2v) is 4.88. The Balaban J connectivity index is 2.19. The molecular formula is C14H18F2N2O3. The van der Waals surface area contributed by atoms with Crippen molar-refractivity contribution in [1.29, 1.82) is 0 Å². The summed E-state index contributed by atoms with van der Waals surface area (Å²) < 4.78 is 37.2. The third-order valence-electron chi connectivity index (χ3n) is 3.68. The van der Waals surface area contributed by atoms with Crippen molar-refractivity contribution in [2.24, 2.45) is 0 Å². The molecule has 1 amide bonds. The molecule has 21 heavy (non-hydrogen) atoms. The molecule has 0 unspecified atom stereocenters. The van der Waals surface area contributed by atoms with E-state index in [0.29, 0.717) is 25.9 Å². The summed E-state index contributed by atoms with van der Waals surface area (Å²) in [4.78, 5) is 12.4. The zero-order chi connectivity index (χ0) is 15.5. The number of ether oxygens (including phenoxy) is 2. The number of hydrogen-bond donors (Lipinski definition) is 2. The number of nitrogens with one attached hydrogen (secondary N) is 2. The van der Waals surface area contributed by atoms with Gasteiger partial charge in [0.15, 0.2) is 17.4 Å². The molecule has 0 saturated carbocycles. The van der Waals surface area contributed by atoms with Gasteiger partial charge < -0.3 is 20.1 Å². The molecule has 2 N–H and O–H groups in total. The van der Waals surface area contributed by atoms with E-state index in [1.807, 2.05) is 0 Å². The third-order valence-corrected chi connectivity index (χ3v) is 3.68. The number of methoxy groups -OCH3 is 2. The number of carbonyl (C=O) groups is 1. The highest BCUT2D eigenvalue weighted by Gasteiger charge is 2.39. The largest absolute Gasteiger partial charge is 0.491 e. The summed E-state index contributed by atoms with van der Waals surface area (Å²) in [6.07, 6.45) is 0.993. The summed E-state index contributed by atoms with van der Waals surface area (Å²) >= 11 is 0. The fraction of sp³-hybridized carbons (Fsp3) is 0.500. The van der Waals surface area contributed by atoms with Crippen LogP contribution in [0.5, 0.6) is 5.75 Å². The number of amides is 1. The monoisotopic (exact) mass is 300 g/mol. The van der Waals surface area contributed by atoms with Crippen molar-refractivity contribution in [3.05, 3.63) is 23.8 Å². The normalized spacial score (nSPS) is 17.3. The van der Waals surface area contributed by atoms with Gasteiger partial charge in [0.2, 0.25) is 0 Å². The highest BCUT2D eigenvalue weighted by molar-refractivity contribution is 5.97. The second-order valence-electron chi connectivity index (χ2n) is 4.88. The molecule has 0 atom stereocenters. The van der Waals surface area contributed by atoms with Gasteiger partial charge >= 0.3 is 0 Å². The predicted octanol–water partition coefficient (Wildman–Crippen LogP) is 1.68. The van der Waals surface area contributed by atoms with Gasteiger partial charge in [-0.05, 0) is 25.9 Å². The Morgan fingerprint density at radius 3 is 2.29 bits per heavy atom. The van der Waals surface area contributed by atoms with Gasteiger partial charge in [0, 0.05) is 24.9 Å². The van der Waals surface area contributed by atoms with Crippen molar-refractivity contribution in [2.75, 3.05) is 32.6 Å². The van der Waals surface area contributed by atoms with Crippen LogP contribution in [0.2, 0.25) is 0 Å². The molecule has 1 aliphatic rings. The minimum atomic E-state index is -0.974. The molecule has 0 aromatic heterocycles. The molecule has 1 aromatic rings. The molecule has 2 rings (SSSR count). The second kappa shape index (κ2) is 6.36. The Morgan fingerprint density at radius 2 is 1.81 bits per heavy atom. The number of anilines is 1. The van der Waals surface area contributed by atoms with Crippen LogP contribution in [0.3, 0.4) is 0 Å². The van der Waals surface area contributed by atoms with Crippen molar-refractivity contribution in [1.82, 2.24) is 5.32 Å². The van der Waals surface area contributed by atoms with Crippen LogP contribution in [0.4, 0.5) is 14.5 Å². The van der Waals surface area contributed by atoms with E-state index in [1.54, 1.807) is 0 Å². The van der Waals surface area contributed by atoms with Gasteiger partial charge in [0.1, 0.15) is 5.60 Å². The highest BCUT2D eigenvalue weighted by Crippen LogP contribution is 2.28. The van der Waals surface area contributed by atoms with Crippen molar-refractivity contribution >= 4 is 11.6 Å². The smallest absolute Gasteiger partial charge is 0.256 e. The van der Waals surface area contributed by atoms with E-state index >= 15 is 0 Å². The standard InChI is InChI=1S/C14H18F2N2O3/c1-20-12-10(15)7-9(8-11(12)16)18-13(19)14(21-2)3-5-17-6-4-14/h7-8,17H,3-6H2,1-2H3,(H,18,19). The van der Waals surface area contributed by atoms with Crippen LogP contribution in [0, 0.1) is 11.6 Å². The lowest BCUT2D eigenvalue weighted by atomic mass is 9.91. The first kappa shape index (κ1) is 15.7. The van der Waals surface area contributed by atoms with Gasteiger partial charge in [0.05, 0.1) is 7.11 Å². The third kappa shape index (κ3) is 3.14. The lowest BCUT2D eigenvalue weighted by molar-refractivity contribution is -0.140. The number of halogens is 2. The van der Waals surface area contributed by atoms with Crippen LogP contribution >= 0.6 is 0 Å². The fourth-order valence-corrected chi connectivity index (χ4v) is 2.43. The van der Waals surface area contributed by atoms with E-state index in [9.17, 15) is 13.6 Å². The predicted molar refractivity (Wildman–Crippen MR) is 73.4 cm³/mol. The Kier molecular flexibility index (Phi) is 4.74. The summed E-state index contributed by atoms with van der Waals surface area (Å²) in [5.74, 6) is -2.62. The molecule has 116 valence electrons. The van der Waals surface area contributed by atoms with E-state index in [0.717, 1.165) is 12.1 Å². The number of benzene rings is 1. The zero-order valence-electron chi connectivity index (χ0n) is 12.0. The molecule has 0 aliphatic carbocycles. The summed E-state index contributed by atoms with van der Waals surface area (Å²) in [6, 6.07) is 2.04. The maximum atomic E-state index is 13.6. The van der Waals surface area contributed by atoms with E-state index in [2.05, 4.69) is 15.4 Å². The Labute approximate surface area is 121 Å². The van der Waals surface area contributed by atoms with Crippen LogP contribution in [-0.4, -0.2) is 38.8 Å². The average Bonchev–Trinajstić information content (AvgIpc) is 2.47. The Morgan fingerprint density at radius 1 is 1.24 bits per heavy atom. The molecule has 0 spiro atoms. The van der Waals surface area contributed by atoms with Crippen LogP contribution in [0.1, 0.15) is 12.8 Å². The molecule has 1 aliphatic heterocycles. The quantitative estimate of drug-likeness (QED) is 0.888. The summed E-state index contributed by atoms with van der Waals surface area (Å²) in [6.45, 7) is 1.29. The molecule has 1 fully saturated rings. The summed E-state index contributed by atoms with van der Waals surface area (Å²) in [7, 11) is 2.63. The first-order valence-corrected chi connectivity index (χ1v) is 6.63. The van der Waals surface area contributed by atoms with Crippen molar-refractivity contribution in [3.8, 4) is 5.75 Å². The Hall–Kier alpha value is -1.73. The first-order valence-electron chi connectivity index (χ1n) is 6.63. The van der Waals surface area contributed by atoms with Gasteiger partial charge in [-0.2, -0.15) is 0 Å².